The van der Waals surface area contributed by atoms with E-state index in [1.54, 1.807) is 48.5 Å². The van der Waals surface area contributed by atoms with Gasteiger partial charge in [0.25, 0.3) is 0 Å². The first-order chi connectivity index (χ1) is 12.0. The monoisotopic (exact) mass is 340 g/mol. The average molecular weight is 340 g/mol. The number of carbonyl (C=O) groups is 2. The van der Waals surface area contributed by atoms with Gasteiger partial charge in [-0.1, -0.05) is 36.4 Å². The number of fused-ring (bicyclic) bond motifs is 1. The fraction of sp³-hybridized carbons (Fsp3) is 0.263. The van der Waals surface area contributed by atoms with Crippen LogP contribution in [0.5, 0.6) is 11.5 Å². The fourth-order valence-electron chi connectivity index (χ4n) is 2.97. The lowest BCUT2D eigenvalue weighted by Crippen LogP contribution is -2.45. The van der Waals surface area contributed by atoms with Crippen LogP contribution in [-0.4, -0.2) is 18.7 Å². The molecule has 1 aliphatic heterocycles. The third kappa shape index (κ3) is 3.91. The Morgan fingerprint density at radius 1 is 0.840 bits per heavy atom. The Hall–Kier alpha value is -3.02. The Morgan fingerprint density at radius 3 is 2.08 bits per heavy atom. The molecular weight excluding hydrogens is 324 g/mol. The Balaban J connectivity index is 1.82. The van der Waals surface area contributed by atoms with Crippen molar-refractivity contribution in [1.82, 2.24) is 0 Å². The van der Waals surface area contributed by atoms with Gasteiger partial charge in [0.05, 0.1) is 0 Å². The minimum absolute atomic E-state index is 0.00442. The van der Waals surface area contributed by atoms with Crippen LogP contribution >= 0.6 is 0 Å². The van der Waals surface area contributed by atoms with Gasteiger partial charge in [-0.2, -0.15) is 0 Å². The van der Waals surface area contributed by atoms with E-state index in [9.17, 15) is 19.8 Å². The lowest BCUT2D eigenvalue weighted by Gasteiger charge is -2.29. The smallest absolute Gasteiger partial charge is 0.231 e. The molecule has 2 atom stereocenters. The van der Waals surface area contributed by atoms with Crippen LogP contribution in [0.3, 0.4) is 0 Å². The summed E-state index contributed by atoms with van der Waals surface area (Å²) in [6, 6.07) is 13.9. The van der Waals surface area contributed by atoms with E-state index in [1.165, 1.54) is 0 Å². The topological polar surface area (TPSA) is 98.7 Å². The van der Waals surface area contributed by atoms with Crippen molar-refractivity contribution in [1.29, 1.82) is 0 Å². The van der Waals surface area contributed by atoms with E-state index in [1.807, 2.05) is 0 Å². The largest absolute Gasteiger partial charge is 0.550 e. The van der Waals surface area contributed by atoms with Crippen molar-refractivity contribution >= 4 is 11.9 Å². The molecule has 2 unspecified atom stereocenters. The maximum absolute atomic E-state index is 11.6. The number of rotatable bonds is 7. The SMILES string of the molecule is O=C([O-])C(Cc1ccccc1)C(Cc1ccc2c(c1)OCO2)C(=O)[O-]. The summed E-state index contributed by atoms with van der Waals surface area (Å²) >= 11 is 0. The highest BCUT2D eigenvalue weighted by Gasteiger charge is 2.25. The quantitative estimate of drug-likeness (QED) is 0.700. The number of aliphatic carboxylic acids is 2. The second kappa shape index (κ2) is 7.25. The second-order valence-electron chi connectivity index (χ2n) is 5.93. The summed E-state index contributed by atoms with van der Waals surface area (Å²) in [7, 11) is 0. The van der Waals surface area contributed by atoms with Crippen LogP contribution in [0.2, 0.25) is 0 Å². The van der Waals surface area contributed by atoms with Gasteiger partial charge in [-0.25, -0.2) is 0 Å². The van der Waals surface area contributed by atoms with E-state index >= 15 is 0 Å². The van der Waals surface area contributed by atoms with Crippen LogP contribution in [0, 0.1) is 11.8 Å². The van der Waals surface area contributed by atoms with E-state index in [0.717, 1.165) is 5.56 Å². The van der Waals surface area contributed by atoms with Gasteiger partial charge in [0.1, 0.15) is 0 Å². The highest BCUT2D eigenvalue weighted by atomic mass is 16.7. The molecule has 25 heavy (non-hydrogen) atoms. The highest BCUT2D eigenvalue weighted by molar-refractivity contribution is 5.78. The maximum atomic E-state index is 11.6. The van der Waals surface area contributed by atoms with E-state index in [0.29, 0.717) is 17.1 Å². The molecule has 0 saturated heterocycles. The van der Waals surface area contributed by atoms with E-state index in [-0.39, 0.29) is 19.6 Å². The molecule has 0 N–H and O–H groups in total. The summed E-state index contributed by atoms with van der Waals surface area (Å²) in [4.78, 5) is 23.2. The van der Waals surface area contributed by atoms with E-state index < -0.39 is 23.8 Å². The predicted octanol–water partition coefficient (Wildman–Crippen LogP) is -0.0673. The van der Waals surface area contributed by atoms with Crippen molar-refractivity contribution < 1.29 is 29.3 Å². The van der Waals surface area contributed by atoms with E-state index in [2.05, 4.69) is 0 Å². The molecule has 0 fully saturated rings. The molecule has 0 bridgehead atoms. The number of hydrogen-bond donors (Lipinski definition) is 0. The molecular formula is C19H16O6-2. The van der Waals surface area contributed by atoms with Crippen LogP contribution in [0.4, 0.5) is 0 Å². The van der Waals surface area contributed by atoms with Crippen LogP contribution < -0.4 is 19.7 Å². The number of carboxylic acids is 2. The van der Waals surface area contributed by atoms with Crippen LogP contribution in [0.15, 0.2) is 48.5 Å². The van der Waals surface area contributed by atoms with Gasteiger partial charge in [-0.15, -0.1) is 0 Å². The molecule has 6 nitrogen and oxygen atoms in total. The zero-order valence-corrected chi connectivity index (χ0v) is 13.3. The minimum Gasteiger partial charge on any atom is -0.550 e. The molecule has 130 valence electrons. The second-order valence-corrected chi connectivity index (χ2v) is 5.93. The summed E-state index contributed by atoms with van der Waals surface area (Å²) in [5, 5.41) is 23.2. The van der Waals surface area contributed by atoms with Gasteiger partial charge in [0.2, 0.25) is 6.79 Å². The fourth-order valence-corrected chi connectivity index (χ4v) is 2.97. The third-order valence-corrected chi connectivity index (χ3v) is 4.28. The molecule has 0 spiro atoms. The third-order valence-electron chi connectivity index (χ3n) is 4.28. The minimum atomic E-state index is -1.41. The molecule has 0 amide bonds. The zero-order valence-electron chi connectivity index (χ0n) is 13.3. The van der Waals surface area contributed by atoms with Gasteiger partial charge in [0.15, 0.2) is 11.5 Å². The van der Waals surface area contributed by atoms with Crippen molar-refractivity contribution in [3.63, 3.8) is 0 Å². The lowest BCUT2D eigenvalue weighted by molar-refractivity contribution is -0.326. The first-order valence-corrected chi connectivity index (χ1v) is 7.89. The molecule has 0 aromatic heterocycles. The van der Waals surface area contributed by atoms with Crippen molar-refractivity contribution in [2.75, 3.05) is 6.79 Å². The Morgan fingerprint density at radius 2 is 1.44 bits per heavy atom. The Kier molecular flexibility index (Phi) is 4.88. The summed E-state index contributed by atoms with van der Waals surface area (Å²) in [5.41, 5.74) is 1.37. The van der Waals surface area contributed by atoms with E-state index in [4.69, 9.17) is 9.47 Å². The van der Waals surface area contributed by atoms with Gasteiger partial charge in [-0.3, -0.25) is 0 Å². The zero-order chi connectivity index (χ0) is 17.8. The normalized spacial score (nSPS) is 14.7. The van der Waals surface area contributed by atoms with Crippen LogP contribution in [0.1, 0.15) is 11.1 Å². The molecule has 2 aromatic rings. The van der Waals surface area contributed by atoms with Crippen molar-refractivity contribution in [3.8, 4) is 11.5 Å². The molecule has 0 radical (unpaired) electrons. The summed E-state index contributed by atoms with van der Waals surface area (Å²) in [6.45, 7) is 0.110. The summed E-state index contributed by atoms with van der Waals surface area (Å²) < 4.78 is 10.5. The van der Waals surface area contributed by atoms with Crippen LogP contribution in [0.25, 0.3) is 0 Å². The summed E-state index contributed by atoms with van der Waals surface area (Å²) in [5.74, 6) is -4.14. The molecule has 0 aliphatic carbocycles. The standard InChI is InChI=1S/C19H18O6/c20-18(21)14(8-12-4-2-1-3-5-12)15(19(22)23)9-13-6-7-16-17(10-13)25-11-24-16/h1-7,10,14-15H,8-9,11H2,(H,20,21)(H,22,23)/p-2. The predicted molar refractivity (Wildman–Crippen MR) is 83.4 cm³/mol. The maximum Gasteiger partial charge on any atom is 0.231 e. The summed E-state index contributed by atoms with van der Waals surface area (Å²) in [6.07, 6.45) is 0.0663. The Labute approximate surface area is 144 Å². The average Bonchev–Trinajstić information content (AvgIpc) is 3.06. The molecule has 6 heteroatoms. The number of carboxylic acid groups (broad SMARTS) is 2. The lowest BCUT2D eigenvalue weighted by atomic mass is 9.82. The van der Waals surface area contributed by atoms with Gasteiger partial charge < -0.3 is 29.3 Å². The van der Waals surface area contributed by atoms with Crippen molar-refractivity contribution in [3.05, 3.63) is 59.7 Å². The number of hydrogen-bond acceptors (Lipinski definition) is 6. The van der Waals surface area contributed by atoms with Gasteiger partial charge >= 0.3 is 0 Å². The molecule has 1 aliphatic rings. The highest BCUT2D eigenvalue weighted by Crippen LogP contribution is 2.33. The van der Waals surface area contributed by atoms with Crippen molar-refractivity contribution in [2.24, 2.45) is 11.8 Å². The molecule has 1 heterocycles. The first-order valence-electron chi connectivity index (χ1n) is 7.89. The number of benzene rings is 2. The number of ether oxygens (including phenoxy) is 2. The molecule has 2 aromatic carbocycles. The first kappa shape index (κ1) is 16.8. The van der Waals surface area contributed by atoms with Gasteiger partial charge in [0, 0.05) is 23.8 Å². The molecule has 3 rings (SSSR count). The molecule has 0 saturated carbocycles. The van der Waals surface area contributed by atoms with Crippen molar-refractivity contribution in [2.45, 2.75) is 12.8 Å². The van der Waals surface area contributed by atoms with Gasteiger partial charge in [-0.05, 0) is 36.1 Å². The van der Waals surface area contributed by atoms with Crippen LogP contribution in [-0.2, 0) is 22.4 Å². The number of carbonyl (C=O) groups excluding carboxylic acids is 2. The Bertz CT molecular complexity index is 771.